The zero-order valence-electron chi connectivity index (χ0n) is 11.4. The van der Waals surface area contributed by atoms with E-state index in [-0.39, 0.29) is 25.4 Å². The first-order valence-corrected chi connectivity index (χ1v) is 6.31. The van der Waals surface area contributed by atoms with E-state index in [1.165, 1.54) is 0 Å². The summed E-state index contributed by atoms with van der Waals surface area (Å²) in [6.45, 7) is -0.402. The molecule has 1 rings (SSSR count). The zero-order chi connectivity index (χ0) is 15.7. The minimum atomic E-state index is -1.13. The SMILES string of the molecule is C#CCN(CC(=O)O)C(=O)CCNC(=O)c1ccccc1. The standard InChI is InChI=1S/C15H16N2O4/c1-2-10-17(11-14(19)20)13(18)8-9-16-15(21)12-6-4-3-5-7-12/h1,3-7H,8-11H2,(H,16,21)(H,19,20). The lowest BCUT2D eigenvalue weighted by molar-refractivity contribution is -0.143. The number of terminal acetylenes is 1. The van der Waals surface area contributed by atoms with Gasteiger partial charge in [0, 0.05) is 18.5 Å². The van der Waals surface area contributed by atoms with E-state index in [1.807, 2.05) is 0 Å². The van der Waals surface area contributed by atoms with Gasteiger partial charge in [-0.3, -0.25) is 14.4 Å². The van der Waals surface area contributed by atoms with Gasteiger partial charge in [-0.05, 0) is 12.1 Å². The Morgan fingerprint density at radius 1 is 1.24 bits per heavy atom. The molecule has 110 valence electrons. The summed E-state index contributed by atoms with van der Waals surface area (Å²) < 4.78 is 0. The van der Waals surface area contributed by atoms with Gasteiger partial charge in [-0.15, -0.1) is 6.42 Å². The molecule has 0 radical (unpaired) electrons. The molecule has 21 heavy (non-hydrogen) atoms. The molecule has 0 bridgehead atoms. The lowest BCUT2D eigenvalue weighted by Crippen LogP contribution is -2.38. The van der Waals surface area contributed by atoms with Crippen molar-refractivity contribution in [1.29, 1.82) is 0 Å². The van der Waals surface area contributed by atoms with Gasteiger partial charge < -0.3 is 15.3 Å². The number of amides is 2. The Kier molecular flexibility index (Phi) is 6.48. The molecule has 0 atom stereocenters. The number of carboxylic acids is 1. The van der Waals surface area contributed by atoms with Crippen molar-refractivity contribution in [1.82, 2.24) is 10.2 Å². The molecule has 0 saturated carbocycles. The van der Waals surface area contributed by atoms with Crippen molar-refractivity contribution in [3.63, 3.8) is 0 Å². The summed E-state index contributed by atoms with van der Waals surface area (Å²) in [5.74, 6) is 0.401. The lowest BCUT2D eigenvalue weighted by atomic mass is 10.2. The number of nitrogens with zero attached hydrogens (tertiary/aromatic N) is 1. The molecule has 0 heterocycles. The van der Waals surface area contributed by atoms with Gasteiger partial charge in [0.15, 0.2) is 0 Å². The van der Waals surface area contributed by atoms with Crippen LogP contribution in [0.1, 0.15) is 16.8 Å². The number of hydrogen-bond donors (Lipinski definition) is 2. The van der Waals surface area contributed by atoms with Crippen molar-refractivity contribution in [2.24, 2.45) is 0 Å². The molecule has 1 aromatic carbocycles. The number of aliphatic carboxylic acids is 1. The fourth-order valence-electron chi connectivity index (χ4n) is 1.64. The number of benzene rings is 1. The lowest BCUT2D eigenvalue weighted by Gasteiger charge is -2.17. The normalized spacial score (nSPS) is 9.48. The van der Waals surface area contributed by atoms with Crippen molar-refractivity contribution in [2.75, 3.05) is 19.6 Å². The third kappa shape index (κ3) is 5.78. The molecule has 0 unspecified atom stereocenters. The Hall–Kier alpha value is -2.81. The van der Waals surface area contributed by atoms with Crippen LogP contribution in [0.2, 0.25) is 0 Å². The largest absolute Gasteiger partial charge is 0.480 e. The smallest absolute Gasteiger partial charge is 0.323 e. The Balaban J connectivity index is 2.43. The minimum Gasteiger partial charge on any atom is -0.480 e. The summed E-state index contributed by atoms with van der Waals surface area (Å²) in [7, 11) is 0. The van der Waals surface area contributed by atoms with Crippen molar-refractivity contribution < 1.29 is 19.5 Å². The number of carbonyl (C=O) groups is 3. The van der Waals surface area contributed by atoms with Crippen molar-refractivity contribution in [3.8, 4) is 12.3 Å². The molecule has 2 N–H and O–H groups in total. The highest BCUT2D eigenvalue weighted by Gasteiger charge is 2.15. The Morgan fingerprint density at radius 3 is 2.48 bits per heavy atom. The molecular weight excluding hydrogens is 272 g/mol. The van der Waals surface area contributed by atoms with Gasteiger partial charge in [0.2, 0.25) is 5.91 Å². The van der Waals surface area contributed by atoms with Gasteiger partial charge in [-0.2, -0.15) is 0 Å². The highest BCUT2D eigenvalue weighted by Crippen LogP contribution is 1.98. The van der Waals surface area contributed by atoms with E-state index in [4.69, 9.17) is 11.5 Å². The number of hydrogen-bond acceptors (Lipinski definition) is 3. The Morgan fingerprint density at radius 2 is 1.90 bits per heavy atom. The quantitative estimate of drug-likeness (QED) is 0.709. The van der Waals surface area contributed by atoms with Gasteiger partial charge in [-0.25, -0.2) is 0 Å². The predicted molar refractivity (Wildman–Crippen MR) is 76.4 cm³/mol. The van der Waals surface area contributed by atoms with Crippen LogP contribution in [0.4, 0.5) is 0 Å². The fraction of sp³-hybridized carbons (Fsp3) is 0.267. The molecule has 6 nitrogen and oxygen atoms in total. The monoisotopic (exact) mass is 288 g/mol. The van der Waals surface area contributed by atoms with E-state index < -0.39 is 18.4 Å². The zero-order valence-corrected chi connectivity index (χ0v) is 11.4. The second-order valence-electron chi connectivity index (χ2n) is 4.22. The third-order valence-corrected chi connectivity index (χ3v) is 2.62. The summed E-state index contributed by atoms with van der Waals surface area (Å²) in [5, 5.41) is 11.3. The highest BCUT2D eigenvalue weighted by molar-refractivity contribution is 5.94. The van der Waals surface area contributed by atoms with Gasteiger partial charge >= 0.3 is 5.97 Å². The van der Waals surface area contributed by atoms with Crippen LogP contribution in [-0.2, 0) is 9.59 Å². The van der Waals surface area contributed by atoms with Gasteiger partial charge in [0.05, 0.1) is 6.54 Å². The molecule has 6 heteroatoms. The Bertz CT molecular complexity index is 549. The molecular formula is C15H16N2O4. The molecule has 0 aliphatic heterocycles. The van der Waals surface area contributed by atoms with E-state index in [0.29, 0.717) is 5.56 Å². The molecule has 1 aromatic rings. The number of carboxylic acid groups (broad SMARTS) is 1. The van der Waals surface area contributed by atoms with Crippen molar-refractivity contribution in [3.05, 3.63) is 35.9 Å². The molecule has 0 fully saturated rings. The van der Waals surface area contributed by atoms with Gasteiger partial charge in [-0.1, -0.05) is 24.1 Å². The summed E-state index contributed by atoms with van der Waals surface area (Å²) in [4.78, 5) is 35.2. The molecule has 2 amide bonds. The first-order valence-electron chi connectivity index (χ1n) is 6.31. The summed E-state index contributed by atoms with van der Waals surface area (Å²) in [6.07, 6.45) is 5.08. The average Bonchev–Trinajstić information content (AvgIpc) is 2.47. The van der Waals surface area contributed by atoms with Crippen molar-refractivity contribution >= 4 is 17.8 Å². The first kappa shape index (κ1) is 16.2. The second-order valence-corrected chi connectivity index (χ2v) is 4.22. The maximum absolute atomic E-state index is 11.8. The first-order chi connectivity index (χ1) is 10.0. The summed E-state index contributed by atoms with van der Waals surface area (Å²) >= 11 is 0. The van der Waals surface area contributed by atoms with Crippen LogP contribution >= 0.6 is 0 Å². The van der Waals surface area contributed by atoms with E-state index in [9.17, 15) is 14.4 Å². The van der Waals surface area contributed by atoms with E-state index in [1.54, 1.807) is 30.3 Å². The van der Waals surface area contributed by atoms with Gasteiger partial charge in [0.25, 0.3) is 5.91 Å². The van der Waals surface area contributed by atoms with Gasteiger partial charge in [0.1, 0.15) is 6.54 Å². The average molecular weight is 288 g/mol. The second kappa shape index (κ2) is 8.38. The van der Waals surface area contributed by atoms with Crippen molar-refractivity contribution in [2.45, 2.75) is 6.42 Å². The minimum absolute atomic E-state index is 0.00642. The van der Waals surface area contributed by atoms with Crippen LogP contribution in [-0.4, -0.2) is 47.4 Å². The molecule has 0 saturated heterocycles. The van der Waals surface area contributed by atoms with Crippen LogP contribution in [0.25, 0.3) is 0 Å². The molecule has 0 aromatic heterocycles. The maximum Gasteiger partial charge on any atom is 0.323 e. The predicted octanol–water partition coefficient (Wildman–Crippen LogP) is 0.353. The topological polar surface area (TPSA) is 86.7 Å². The Labute approximate surface area is 122 Å². The van der Waals surface area contributed by atoms with Crippen LogP contribution in [0.15, 0.2) is 30.3 Å². The number of carbonyl (C=O) groups excluding carboxylic acids is 2. The number of rotatable bonds is 7. The highest BCUT2D eigenvalue weighted by atomic mass is 16.4. The van der Waals surface area contributed by atoms with Crippen LogP contribution in [0.3, 0.4) is 0 Å². The van der Waals surface area contributed by atoms with Crippen LogP contribution in [0.5, 0.6) is 0 Å². The summed E-state index contributed by atoms with van der Waals surface area (Å²) in [6, 6.07) is 8.59. The fourth-order valence-corrected chi connectivity index (χ4v) is 1.64. The molecule has 0 aliphatic rings. The van der Waals surface area contributed by atoms with Crippen LogP contribution < -0.4 is 5.32 Å². The summed E-state index contributed by atoms with van der Waals surface area (Å²) in [5.41, 5.74) is 0.496. The molecule has 0 spiro atoms. The van der Waals surface area contributed by atoms with E-state index >= 15 is 0 Å². The van der Waals surface area contributed by atoms with E-state index in [0.717, 1.165) is 4.90 Å². The van der Waals surface area contributed by atoms with Crippen LogP contribution in [0, 0.1) is 12.3 Å². The van der Waals surface area contributed by atoms with E-state index in [2.05, 4.69) is 11.2 Å². The molecule has 0 aliphatic carbocycles. The maximum atomic E-state index is 11.8. The number of nitrogens with one attached hydrogen (secondary N) is 1. The third-order valence-electron chi connectivity index (χ3n) is 2.62.